The van der Waals surface area contributed by atoms with Gasteiger partial charge in [-0.1, -0.05) is 115 Å². The molecule has 0 N–H and O–H groups in total. The van der Waals surface area contributed by atoms with E-state index in [2.05, 4.69) is 214 Å². The van der Waals surface area contributed by atoms with Crippen LogP contribution in [-0.2, 0) is 0 Å². The summed E-state index contributed by atoms with van der Waals surface area (Å²) in [6.45, 7) is 0. The summed E-state index contributed by atoms with van der Waals surface area (Å²) in [4.78, 5) is 0. The zero-order chi connectivity index (χ0) is 34.9. The molecule has 3 heteroatoms. The van der Waals surface area contributed by atoms with E-state index in [0.717, 1.165) is 17.1 Å². The maximum Gasteiger partial charge on any atom is 0.0548 e. The number of hydrogen-bond acceptors (Lipinski definition) is 0. The molecule has 3 heterocycles. The smallest absolute Gasteiger partial charge is 0.0548 e. The molecule has 0 unspecified atom stereocenters. The van der Waals surface area contributed by atoms with Gasteiger partial charge in [0.15, 0.2) is 0 Å². The molecular weight excluding hydrogens is 643 g/mol. The Balaban J connectivity index is 1.13. The van der Waals surface area contributed by atoms with Crippen molar-refractivity contribution in [3.63, 3.8) is 0 Å². The Morgan fingerprint density at radius 2 is 0.774 bits per heavy atom. The van der Waals surface area contributed by atoms with Crippen LogP contribution in [0.15, 0.2) is 200 Å². The summed E-state index contributed by atoms with van der Waals surface area (Å²) in [5, 5.41) is 6.19. The summed E-state index contributed by atoms with van der Waals surface area (Å²) in [7, 11) is 0. The monoisotopic (exact) mass is 675 g/mol. The van der Waals surface area contributed by atoms with Crippen LogP contribution in [0.1, 0.15) is 0 Å². The van der Waals surface area contributed by atoms with Crippen molar-refractivity contribution < 1.29 is 0 Å². The molecule has 53 heavy (non-hydrogen) atoms. The molecule has 0 aliphatic rings. The van der Waals surface area contributed by atoms with Gasteiger partial charge < -0.3 is 13.7 Å². The first kappa shape index (κ1) is 29.6. The van der Waals surface area contributed by atoms with E-state index in [1.54, 1.807) is 0 Å². The Kier molecular flexibility index (Phi) is 6.55. The molecule has 3 nitrogen and oxygen atoms in total. The molecule has 11 rings (SSSR count). The molecule has 248 valence electrons. The molecule has 0 amide bonds. The van der Waals surface area contributed by atoms with Crippen molar-refractivity contribution in [3.05, 3.63) is 200 Å². The lowest BCUT2D eigenvalue weighted by Crippen LogP contribution is -1.98. The third-order valence-electron chi connectivity index (χ3n) is 10.8. The Bertz CT molecular complexity index is 3050. The van der Waals surface area contributed by atoms with Gasteiger partial charge in [-0.2, -0.15) is 0 Å². The van der Waals surface area contributed by atoms with Gasteiger partial charge in [0.05, 0.1) is 27.6 Å². The fraction of sp³-hybridized carbons (Fsp3) is 0. The molecule has 0 bridgehead atoms. The van der Waals surface area contributed by atoms with Crippen LogP contribution in [0, 0.1) is 0 Å². The lowest BCUT2D eigenvalue weighted by molar-refractivity contribution is 1.13. The summed E-state index contributed by atoms with van der Waals surface area (Å²) in [6.07, 6.45) is 2.18. The van der Waals surface area contributed by atoms with E-state index in [9.17, 15) is 0 Å². The first-order valence-electron chi connectivity index (χ1n) is 18.2. The predicted molar refractivity (Wildman–Crippen MR) is 223 cm³/mol. The van der Waals surface area contributed by atoms with Gasteiger partial charge in [0.2, 0.25) is 0 Å². The molecule has 8 aromatic carbocycles. The maximum absolute atomic E-state index is 2.43. The summed E-state index contributed by atoms with van der Waals surface area (Å²) in [5.41, 5.74) is 14.3. The number of nitrogens with zero attached hydrogens (tertiary/aromatic N) is 3. The maximum atomic E-state index is 2.43. The van der Waals surface area contributed by atoms with E-state index < -0.39 is 0 Å². The van der Waals surface area contributed by atoms with Gasteiger partial charge in [0, 0.05) is 50.2 Å². The Morgan fingerprint density at radius 3 is 1.42 bits per heavy atom. The minimum Gasteiger partial charge on any atom is -0.317 e. The van der Waals surface area contributed by atoms with E-state index in [0.29, 0.717) is 0 Å². The minimum atomic E-state index is 1.13. The summed E-state index contributed by atoms with van der Waals surface area (Å²) < 4.78 is 7.16. The highest BCUT2D eigenvalue weighted by Gasteiger charge is 2.18. The number of benzene rings is 8. The Hall–Kier alpha value is -7.10. The zero-order valence-corrected chi connectivity index (χ0v) is 28.9. The first-order chi connectivity index (χ1) is 26.3. The predicted octanol–water partition coefficient (Wildman–Crippen LogP) is 13.2. The quantitative estimate of drug-likeness (QED) is 0.172. The molecule has 0 fully saturated rings. The number of aromatic nitrogens is 3. The van der Waals surface area contributed by atoms with E-state index in [1.807, 2.05) is 0 Å². The molecule has 0 spiro atoms. The summed E-state index contributed by atoms with van der Waals surface area (Å²) in [6, 6.07) is 70.5. The van der Waals surface area contributed by atoms with Crippen LogP contribution in [0.3, 0.4) is 0 Å². The van der Waals surface area contributed by atoms with E-state index in [4.69, 9.17) is 0 Å². The molecule has 0 aliphatic heterocycles. The second kappa shape index (κ2) is 11.7. The van der Waals surface area contributed by atoms with Gasteiger partial charge in [0.1, 0.15) is 0 Å². The van der Waals surface area contributed by atoms with Gasteiger partial charge in [0.25, 0.3) is 0 Å². The average molecular weight is 676 g/mol. The van der Waals surface area contributed by atoms with Gasteiger partial charge >= 0.3 is 0 Å². The van der Waals surface area contributed by atoms with Crippen LogP contribution in [0.25, 0.3) is 93.8 Å². The number of hydrogen-bond donors (Lipinski definition) is 0. The first-order valence-corrected chi connectivity index (χ1v) is 18.2. The minimum absolute atomic E-state index is 1.13. The molecule has 0 saturated heterocycles. The third-order valence-corrected chi connectivity index (χ3v) is 10.8. The van der Waals surface area contributed by atoms with Crippen LogP contribution in [-0.4, -0.2) is 13.7 Å². The lowest BCUT2D eigenvalue weighted by atomic mass is 10.0. The van der Waals surface area contributed by atoms with Gasteiger partial charge in [-0.15, -0.1) is 0 Å². The largest absolute Gasteiger partial charge is 0.317 e. The van der Waals surface area contributed by atoms with Crippen molar-refractivity contribution in [1.29, 1.82) is 0 Å². The summed E-state index contributed by atoms with van der Waals surface area (Å²) in [5.74, 6) is 0. The Morgan fingerprint density at radius 1 is 0.264 bits per heavy atom. The van der Waals surface area contributed by atoms with Crippen LogP contribution < -0.4 is 0 Å². The van der Waals surface area contributed by atoms with Crippen LogP contribution in [0.5, 0.6) is 0 Å². The number of rotatable bonds is 5. The molecule has 0 atom stereocenters. The van der Waals surface area contributed by atoms with E-state index in [-0.39, 0.29) is 0 Å². The van der Waals surface area contributed by atoms with Crippen LogP contribution in [0.4, 0.5) is 0 Å². The second-order valence-electron chi connectivity index (χ2n) is 13.9. The highest BCUT2D eigenvalue weighted by atomic mass is 15.0. The van der Waals surface area contributed by atoms with Crippen molar-refractivity contribution in [3.8, 4) is 39.3 Å². The third kappa shape index (κ3) is 4.68. The van der Waals surface area contributed by atoms with Crippen LogP contribution in [0.2, 0.25) is 0 Å². The number of para-hydroxylation sites is 2. The van der Waals surface area contributed by atoms with Crippen molar-refractivity contribution in [2.75, 3.05) is 0 Å². The van der Waals surface area contributed by atoms with E-state index in [1.165, 1.54) is 76.8 Å². The van der Waals surface area contributed by atoms with E-state index >= 15 is 0 Å². The fourth-order valence-corrected chi connectivity index (χ4v) is 8.38. The van der Waals surface area contributed by atoms with Gasteiger partial charge in [-0.25, -0.2) is 0 Å². The van der Waals surface area contributed by atoms with Crippen LogP contribution >= 0.6 is 0 Å². The average Bonchev–Trinajstić information content (AvgIpc) is 3.90. The van der Waals surface area contributed by atoms with Crippen molar-refractivity contribution >= 4 is 54.5 Å². The molecule has 11 aromatic rings. The topological polar surface area (TPSA) is 14.8 Å². The van der Waals surface area contributed by atoms with Crippen molar-refractivity contribution in [2.24, 2.45) is 0 Å². The zero-order valence-electron chi connectivity index (χ0n) is 28.9. The molecule has 3 aromatic heterocycles. The second-order valence-corrected chi connectivity index (χ2v) is 13.9. The fourth-order valence-electron chi connectivity index (χ4n) is 8.38. The standard InChI is InChI=1S/C50H33N3/c1-4-13-34(14-5-1)36-23-25-47-43(29-36)44-30-37(35-15-6-2-7-16-35)24-26-48(44)52(47)40-19-12-20-41(32-40)53-46-22-11-10-21-42(46)45-33-49-38(31-50(45)53)27-28-51(49)39-17-8-3-9-18-39/h1-33H. The number of fused-ring (bicyclic) bond motifs is 7. The van der Waals surface area contributed by atoms with Crippen molar-refractivity contribution in [1.82, 2.24) is 13.7 Å². The van der Waals surface area contributed by atoms with Gasteiger partial charge in [-0.3, -0.25) is 0 Å². The molecule has 0 radical (unpaired) electrons. The molecular formula is C50H33N3. The lowest BCUT2D eigenvalue weighted by Gasteiger charge is -2.13. The van der Waals surface area contributed by atoms with Crippen molar-refractivity contribution in [2.45, 2.75) is 0 Å². The summed E-state index contributed by atoms with van der Waals surface area (Å²) >= 11 is 0. The molecule has 0 aliphatic carbocycles. The SMILES string of the molecule is c1ccc(-c2ccc3c(c2)c2cc(-c4ccccc4)ccc2n3-c2cccc(-n3c4ccccc4c4cc5c(ccn5-c5ccccc5)cc43)c2)cc1. The van der Waals surface area contributed by atoms with Gasteiger partial charge in [-0.05, 0) is 101 Å². The highest BCUT2D eigenvalue weighted by Crippen LogP contribution is 2.39. The molecule has 0 saturated carbocycles. The Labute approximate surface area is 306 Å². The normalized spacial score (nSPS) is 11.8. The highest BCUT2D eigenvalue weighted by molar-refractivity contribution is 6.14.